The van der Waals surface area contributed by atoms with Crippen LogP contribution in [0.5, 0.6) is 5.75 Å². The van der Waals surface area contributed by atoms with E-state index in [-0.39, 0.29) is 17.3 Å². The molecule has 7 heteroatoms. The zero-order valence-electron chi connectivity index (χ0n) is 11.2. The van der Waals surface area contributed by atoms with Gasteiger partial charge in [0.15, 0.2) is 0 Å². The number of carbonyl (C=O) groups is 1. The molecule has 1 N–H and O–H groups in total. The number of halogens is 4. The van der Waals surface area contributed by atoms with E-state index in [0.717, 1.165) is 6.07 Å². The molecule has 0 radical (unpaired) electrons. The Balaban J connectivity index is 2.84. The lowest BCUT2D eigenvalue weighted by atomic mass is 9.95. The van der Waals surface area contributed by atoms with Crippen LogP contribution in [0.3, 0.4) is 0 Å². The van der Waals surface area contributed by atoms with Crippen molar-refractivity contribution in [3.63, 3.8) is 0 Å². The van der Waals surface area contributed by atoms with Gasteiger partial charge < -0.3 is 10.1 Å². The lowest BCUT2D eigenvalue weighted by molar-refractivity contribution is -0.198. The minimum absolute atomic E-state index is 0.267. The van der Waals surface area contributed by atoms with Crippen LogP contribution in [0.2, 0.25) is 0 Å². The first kappa shape index (κ1) is 16.6. The van der Waals surface area contributed by atoms with Gasteiger partial charge in [0, 0.05) is 17.2 Å². The van der Waals surface area contributed by atoms with Gasteiger partial charge in [-0.05, 0) is 12.1 Å². The van der Waals surface area contributed by atoms with Gasteiger partial charge in [-0.3, -0.25) is 4.79 Å². The van der Waals surface area contributed by atoms with E-state index in [4.69, 9.17) is 11.6 Å². The average molecular weight is 310 g/mol. The van der Waals surface area contributed by atoms with Gasteiger partial charge in [0.1, 0.15) is 5.75 Å². The predicted molar refractivity (Wildman–Crippen MR) is 70.9 cm³/mol. The minimum Gasteiger partial charge on any atom is -0.429 e. The summed E-state index contributed by atoms with van der Waals surface area (Å²) in [6.45, 7) is 5.12. The van der Waals surface area contributed by atoms with E-state index in [9.17, 15) is 18.0 Å². The van der Waals surface area contributed by atoms with Crippen molar-refractivity contribution in [2.24, 2.45) is 5.41 Å². The van der Waals surface area contributed by atoms with Crippen LogP contribution in [0.4, 0.5) is 18.9 Å². The molecule has 0 bridgehead atoms. The standard InChI is InChI=1S/C13H15ClF3NO2/c1-12(2,3)11(19)18-8-5-4-6-9(7-8)20-13(16,17)10(14)15/h4-7,10H,1-3H3,(H,18,19)/t10-/m1/s1. The van der Waals surface area contributed by atoms with Gasteiger partial charge in [-0.15, -0.1) is 0 Å². The molecule has 1 aromatic rings. The van der Waals surface area contributed by atoms with Gasteiger partial charge >= 0.3 is 6.11 Å². The highest BCUT2D eigenvalue weighted by Gasteiger charge is 2.42. The van der Waals surface area contributed by atoms with Gasteiger partial charge in [-0.25, -0.2) is 4.39 Å². The molecule has 0 saturated carbocycles. The van der Waals surface area contributed by atoms with E-state index in [1.807, 2.05) is 0 Å². The summed E-state index contributed by atoms with van der Waals surface area (Å²) in [5.41, 5.74) is -3.33. The topological polar surface area (TPSA) is 38.3 Å². The second-order valence-corrected chi connectivity index (χ2v) is 5.58. The number of amides is 1. The monoisotopic (exact) mass is 309 g/mol. The van der Waals surface area contributed by atoms with Crippen LogP contribution < -0.4 is 10.1 Å². The Kier molecular flexibility index (Phi) is 4.91. The van der Waals surface area contributed by atoms with Crippen LogP contribution in [-0.4, -0.2) is 17.6 Å². The number of hydrogen-bond donors (Lipinski definition) is 1. The molecule has 20 heavy (non-hydrogen) atoms. The van der Waals surface area contributed by atoms with Gasteiger partial charge in [0.2, 0.25) is 5.91 Å². The summed E-state index contributed by atoms with van der Waals surface area (Å²) in [5, 5.41) is 2.55. The average Bonchev–Trinajstić information content (AvgIpc) is 2.27. The number of anilines is 1. The molecule has 0 aliphatic heterocycles. The van der Waals surface area contributed by atoms with E-state index < -0.39 is 17.2 Å². The normalized spacial score (nSPS) is 13.8. The van der Waals surface area contributed by atoms with Crippen LogP contribution in [0.25, 0.3) is 0 Å². The van der Waals surface area contributed by atoms with Crippen LogP contribution in [-0.2, 0) is 4.79 Å². The molecule has 0 unspecified atom stereocenters. The van der Waals surface area contributed by atoms with E-state index >= 15 is 0 Å². The van der Waals surface area contributed by atoms with Crippen molar-refractivity contribution in [2.75, 3.05) is 5.32 Å². The van der Waals surface area contributed by atoms with Gasteiger partial charge in [0.05, 0.1) is 0 Å². The summed E-state index contributed by atoms with van der Waals surface area (Å²) in [6.07, 6.45) is -4.14. The summed E-state index contributed by atoms with van der Waals surface area (Å²) < 4.78 is 42.6. The highest BCUT2D eigenvalue weighted by atomic mass is 35.5. The third-order valence-electron chi connectivity index (χ3n) is 2.28. The van der Waals surface area contributed by atoms with Crippen LogP contribution >= 0.6 is 11.6 Å². The first-order valence-corrected chi connectivity index (χ1v) is 6.22. The quantitative estimate of drug-likeness (QED) is 0.847. The Morgan fingerprint density at radius 2 is 1.95 bits per heavy atom. The second-order valence-electron chi connectivity index (χ2n) is 5.20. The molecule has 0 heterocycles. The number of alkyl halides is 4. The summed E-state index contributed by atoms with van der Waals surface area (Å²) in [4.78, 5) is 11.8. The van der Waals surface area contributed by atoms with Crippen molar-refractivity contribution in [2.45, 2.75) is 32.5 Å². The zero-order chi connectivity index (χ0) is 15.6. The Morgan fingerprint density at radius 3 is 2.45 bits per heavy atom. The molecule has 0 aliphatic rings. The number of hydrogen-bond acceptors (Lipinski definition) is 2. The lowest BCUT2D eigenvalue weighted by Crippen LogP contribution is -2.32. The lowest BCUT2D eigenvalue weighted by Gasteiger charge is -2.20. The fourth-order valence-electron chi connectivity index (χ4n) is 1.16. The molecule has 1 amide bonds. The third kappa shape index (κ3) is 4.59. The Labute approximate surface area is 120 Å². The number of nitrogens with one attached hydrogen (secondary N) is 1. The Bertz CT molecular complexity index is 487. The maximum Gasteiger partial charge on any atom is 0.444 e. The first-order valence-electron chi connectivity index (χ1n) is 5.79. The second kappa shape index (κ2) is 5.91. The molecule has 0 aliphatic carbocycles. The molecule has 0 fully saturated rings. The SMILES string of the molecule is CC(C)(C)C(=O)Nc1cccc(OC(F)(F)[C@@H](F)Cl)c1. The van der Waals surface area contributed by atoms with Gasteiger partial charge in [0.25, 0.3) is 5.63 Å². The predicted octanol–water partition coefficient (Wildman–Crippen LogP) is 4.18. The summed E-state index contributed by atoms with van der Waals surface area (Å²) in [5.74, 6) is -0.591. The van der Waals surface area contributed by atoms with Crippen molar-refractivity contribution < 1.29 is 22.7 Å². The number of rotatable bonds is 4. The van der Waals surface area contributed by atoms with Crippen molar-refractivity contribution in [3.05, 3.63) is 24.3 Å². The largest absolute Gasteiger partial charge is 0.444 e. The molecule has 1 atom stereocenters. The summed E-state index contributed by atoms with van der Waals surface area (Å²) >= 11 is 4.69. The van der Waals surface area contributed by atoms with Crippen molar-refractivity contribution in [3.8, 4) is 5.75 Å². The molecule has 0 saturated heterocycles. The van der Waals surface area contributed by atoms with Crippen molar-refractivity contribution >= 4 is 23.2 Å². The molecular formula is C13H15ClF3NO2. The van der Waals surface area contributed by atoms with Crippen LogP contribution in [0, 0.1) is 5.41 Å². The minimum atomic E-state index is -4.14. The number of carbonyl (C=O) groups excluding carboxylic acids is 1. The van der Waals surface area contributed by atoms with Crippen molar-refractivity contribution in [1.29, 1.82) is 0 Å². The highest BCUT2D eigenvalue weighted by molar-refractivity contribution is 6.20. The Hall–Kier alpha value is -1.43. The van der Waals surface area contributed by atoms with E-state index in [2.05, 4.69) is 10.1 Å². The van der Waals surface area contributed by atoms with Gasteiger partial charge in [-0.2, -0.15) is 8.78 Å². The molecule has 0 spiro atoms. The molecule has 1 rings (SSSR count). The molecule has 3 nitrogen and oxygen atoms in total. The maximum atomic E-state index is 13.0. The van der Waals surface area contributed by atoms with Crippen molar-refractivity contribution in [1.82, 2.24) is 0 Å². The van der Waals surface area contributed by atoms with E-state index in [1.54, 1.807) is 20.8 Å². The highest BCUT2D eigenvalue weighted by Crippen LogP contribution is 2.30. The van der Waals surface area contributed by atoms with Gasteiger partial charge in [-0.1, -0.05) is 38.4 Å². The van der Waals surface area contributed by atoms with E-state index in [1.165, 1.54) is 18.2 Å². The fourth-order valence-corrected chi connectivity index (χ4v) is 1.20. The van der Waals surface area contributed by atoms with Crippen LogP contribution in [0.15, 0.2) is 24.3 Å². The molecule has 0 aromatic heterocycles. The summed E-state index contributed by atoms with van der Waals surface area (Å²) in [7, 11) is 0. The summed E-state index contributed by atoms with van der Waals surface area (Å²) in [6, 6.07) is 5.27. The maximum absolute atomic E-state index is 13.0. The smallest absolute Gasteiger partial charge is 0.429 e. The third-order valence-corrected chi connectivity index (χ3v) is 2.54. The number of ether oxygens (including phenoxy) is 1. The molecule has 1 aromatic carbocycles. The molecule has 112 valence electrons. The molecular weight excluding hydrogens is 295 g/mol. The fraction of sp³-hybridized carbons (Fsp3) is 0.462. The number of benzene rings is 1. The van der Waals surface area contributed by atoms with Crippen LogP contribution in [0.1, 0.15) is 20.8 Å². The van der Waals surface area contributed by atoms with E-state index in [0.29, 0.717) is 0 Å². The first-order chi connectivity index (χ1) is 9.02. The Morgan fingerprint density at radius 1 is 1.35 bits per heavy atom. The zero-order valence-corrected chi connectivity index (χ0v) is 12.0.